The van der Waals surface area contributed by atoms with Gasteiger partial charge in [0.25, 0.3) is 0 Å². The quantitative estimate of drug-likeness (QED) is 0.830. The fourth-order valence-corrected chi connectivity index (χ4v) is 3.70. The maximum atomic E-state index is 6.23. The van der Waals surface area contributed by atoms with Gasteiger partial charge in [0.15, 0.2) is 0 Å². The van der Waals surface area contributed by atoms with Gasteiger partial charge in [-0.1, -0.05) is 27.7 Å². The fourth-order valence-electron chi connectivity index (χ4n) is 3.70. The summed E-state index contributed by atoms with van der Waals surface area (Å²) in [6, 6.07) is 0. The van der Waals surface area contributed by atoms with Crippen LogP contribution in [0.4, 0.5) is 0 Å². The van der Waals surface area contributed by atoms with E-state index in [4.69, 9.17) is 5.73 Å². The van der Waals surface area contributed by atoms with Gasteiger partial charge in [-0.3, -0.25) is 4.90 Å². The lowest BCUT2D eigenvalue weighted by Gasteiger charge is -2.57. The molecule has 2 nitrogen and oxygen atoms in total. The predicted molar refractivity (Wildman–Crippen MR) is 80.7 cm³/mol. The molecule has 0 bridgehead atoms. The summed E-state index contributed by atoms with van der Waals surface area (Å²) in [4.78, 5) is 2.58. The maximum Gasteiger partial charge on any atom is 0.0359 e. The van der Waals surface area contributed by atoms with Gasteiger partial charge in [-0.15, -0.1) is 0 Å². The Morgan fingerprint density at radius 2 is 1.83 bits per heavy atom. The van der Waals surface area contributed by atoms with E-state index >= 15 is 0 Å². The van der Waals surface area contributed by atoms with Crippen LogP contribution in [0.25, 0.3) is 0 Å². The van der Waals surface area contributed by atoms with Crippen LogP contribution in [0.5, 0.6) is 0 Å². The van der Waals surface area contributed by atoms with Crippen LogP contribution in [0, 0.1) is 11.3 Å². The lowest BCUT2D eigenvalue weighted by Crippen LogP contribution is -2.65. The molecule has 0 aliphatic heterocycles. The summed E-state index contributed by atoms with van der Waals surface area (Å²) >= 11 is 0. The third-order valence-electron chi connectivity index (χ3n) is 5.81. The molecule has 0 amide bonds. The molecule has 0 saturated heterocycles. The summed E-state index contributed by atoms with van der Waals surface area (Å²) in [5.74, 6) is 0.669. The van der Waals surface area contributed by atoms with Crippen molar-refractivity contribution in [2.24, 2.45) is 17.1 Å². The second kappa shape index (κ2) is 5.13. The Kier molecular flexibility index (Phi) is 4.55. The zero-order chi connectivity index (χ0) is 14.2. The van der Waals surface area contributed by atoms with E-state index in [1.807, 2.05) is 0 Å². The molecule has 0 radical (unpaired) electrons. The number of hydrogen-bond donors (Lipinski definition) is 1. The summed E-state index contributed by atoms with van der Waals surface area (Å²) in [6.07, 6.45) is 4.98. The summed E-state index contributed by atoms with van der Waals surface area (Å²) in [7, 11) is 2.28. The van der Waals surface area contributed by atoms with Gasteiger partial charge in [0, 0.05) is 17.6 Å². The van der Waals surface area contributed by atoms with Crippen molar-refractivity contribution in [3.05, 3.63) is 0 Å². The van der Waals surface area contributed by atoms with E-state index in [2.05, 4.69) is 53.5 Å². The molecule has 108 valence electrons. The van der Waals surface area contributed by atoms with Gasteiger partial charge in [-0.25, -0.2) is 0 Å². The molecule has 0 aromatic carbocycles. The molecule has 0 spiro atoms. The van der Waals surface area contributed by atoms with Gasteiger partial charge in [0.1, 0.15) is 0 Å². The standard InChI is InChI=1S/C16H34N2/c1-8-15(5,6)18(7)16(12-17)10-9-14(3,4)11-13(16)2/h13H,8-12,17H2,1-7H3. The molecule has 1 fully saturated rings. The van der Waals surface area contributed by atoms with Crippen LogP contribution in [-0.2, 0) is 0 Å². The highest BCUT2D eigenvalue weighted by molar-refractivity contribution is 5.04. The Morgan fingerprint density at radius 3 is 2.22 bits per heavy atom. The number of rotatable bonds is 4. The average molecular weight is 254 g/mol. The molecule has 2 N–H and O–H groups in total. The lowest BCUT2D eigenvalue weighted by atomic mass is 9.62. The lowest BCUT2D eigenvalue weighted by molar-refractivity contribution is -0.0586. The minimum absolute atomic E-state index is 0.190. The second-order valence-corrected chi connectivity index (χ2v) is 7.80. The van der Waals surface area contributed by atoms with Crippen LogP contribution in [0.3, 0.4) is 0 Å². The van der Waals surface area contributed by atoms with Crippen molar-refractivity contribution in [1.29, 1.82) is 0 Å². The topological polar surface area (TPSA) is 29.3 Å². The molecular weight excluding hydrogens is 220 g/mol. The third kappa shape index (κ3) is 2.75. The molecule has 1 aliphatic rings. The summed E-state index contributed by atoms with van der Waals surface area (Å²) < 4.78 is 0. The van der Waals surface area contributed by atoms with E-state index in [9.17, 15) is 0 Å². The minimum atomic E-state index is 0.190. The molecular formula is C16H34N2. The van der Waals surface area contributed by atoms with Gasteiger partial charge >= 0.3 is 0 Å². The Morgan fingerprint density at radius 1 is 1.28 bits per heavy atom. The first-order valence-corrected chi connectivity index (χ1v) is 7.55. The van der Waals surface area contributed by atoms with E-state index in [0.717, 1.165) is 6.54 Å². The first kappa shape index (κ1) is 16.0. The molecule has 0 aromatic rings. The van der Waals surface area contributed by atoms with Crippen molar-refractivity contribution >= 4 is 0 Å². The highest BCUT2D eigenvalue weighted by Gasteiger charge is 2.48. The van der Waals surface area contributed by atoms with Crippen molar-refractivity contribution < 1.29 is 0 Å². The fraction of sp³-hybridized carbons (Fsp3) is 1.00. The van der Waals surface area contributed by atoms with E-state index in [1.54, 1.807) is 0 Å². The van der Waals surface area contributed by atoms with Gasteiger partial charge in [-0.2, -0.15) is 0 Å². The highest BCUT2D eigenvalue weighted by atomic mass is 15.2. The monoisotopic (exact) mass is 254 g/mol. The normalized spacial score (nSPS) is 32.8. The third-order valence-corrected chi connectivity index (χ3v) is 5.81. The largest absolute Gasteiger partial charge is 0.329 e. The first-order chi connectivity index (χ1) is 8.11. The Bertz CT molecular complexity index is 283. The summed E-state index contributed by atoms with van der Waals surface area (Å²) in [6.45, 7) is 14.9. The van der Waals surface area contributed by atoms with Gasteiger partial charge in [0.05, 0.1) is 0 Å². The molecule has 1 saturated carbocycles. The average Bonchev–Trinajstić information content (AvgIpc) is 2.28. The van der Waals surface area contributed by atoms with E-state index in [-0.39, 0.29) is 11.1 Å². The first-order valence-electron chi connectivity index (χ1n) is 7.55. The zero-order valence-electron chi connectivity index (χ0n) is 13.6. The second-order valence-electron chi connectivity index (χ2n) is 7.80. The molecule has 0 aromatic heterocycles. The Labute approximate surface area is 114 Å². The number of nitrogens with two attached hydrogens (primary N) is 1. The number of likely N-dealkylation sites (N-methyl/N-ethyl adjacent to an activating group) is 1. The number of hydrogen-bond acceptors (Lipinski definition) is 2. The van der Waals surface area contributed by atoms with E-state index < -0.39 is 0 Å². The summed E-state index contributed by atoms with van der Waals surface area (Å²) in [5.41, 5.74) is 7.13. The molecule has 2 atom stereocenters. The zero-order valence-corrected chi connectivity index (χ0v) is 13.6. The van der Waals surface area contributed by atoms with Crippen molar-refractivity contribution in [3.8, 4) is 0 Å². The van der Waals surface area contributed by atoms with Crippen molar-refractivity contribution in [2.75, 3.05) is 13.6 Å². The van der Waals surface area contributed by atoms with Crippen molar-refractivity contribution in [2.45, 2.75) is 78.3 Å². The maximum absolute atomic E-state index is 6.23. The molecule has 1 rings (SSSR count). The molecule has 1 aliphatic carbocycles. The van der Waals surface area contributed by atoms with E-state index in [0.29, 0.717) is 11.3 Å². The van der Waals surface area contributed by atoms with Gasteiger partial charge < -0.3 is 5.73 Å². The predicted octanol–water partition coefficient (Wildman–Crippen LogP) is 3.65. The Hall–Kier alpha value is -0.0800. The van der Waals surface area contributed by atoms with Crippen molar-refractivity contribution in [1.82, 2.24) is 4.90 Å². The van der Waals surface area contributed by atoms with Crippen molar-refractivity contribution in [3.63, 3.8) is 0 Å². The Balaban J connectivity index is 3.00. The van der Waals surface area contributed by atoms with Gasteiger partial charge in [-0.05, 0) is 57.9 Å². The number of nitrogens with zero attached hydrogens (tertiary/aromatic N) is 1. The van der Waals surface area contributed by atoms with Crippen LogP contribution in [0.15, 0.2) is 0 Å². The minimum Gasteiger partial charge on any atom is -0.329 e. The SMILES string of the molecule is CCC(C)(C)N(C)C1(CN)CCC(C)(C)CC1C. The van der Waals surface area contributed by atoms with Crippen LogP contribution in [0.1, 0.15) is 67.2 Å². The van der Waals surface area contributed by atoms with Crippen LogP contribution < -0.4 is 5.73 Å². The van der Waals surface area contributed by atoms with Crippen LogP contribution in [0.2, 0.25) is 0 Å². The summed E-state index contributed by atoms with van der Waals surface area (Å²) in [5, 5.41) is 0. The van der Waals surface area contributed by atoms with Gasteiger partial charge in [0.2, 0.25) is 0 Å². The molecule has 0 heterocycles. The van der Waals surface area contributed by atoms with Crippen LogP contribution in [-0.4, -0.2) is 29.6 Å². The molecule has 2 heteroatoms. The highest BCUT2D eigenvalue weighted by Crippen LogP contribution is 2.47. The molecule has 18 heavy (non-hydrogen) atoms. The van der Waals surface area contributed by atoms with Crippen LogP contribution >= 0.6 is 0 Å². The smallest absolute Gasteiger partial charge is 0.0359 e. The van der Waals surface area contributed by atoms with E-state index in [1.165, 1.54) is 25.7 Å². The molecule has 2 unspecified atom stereocenters.